The Morgan fingerprint density at radius 3 is 2.89 bits per heavy atom. The Hall–Kier alpha value is -0.120. The molecular formula is C14H23ClN2S. The Bertz CT molecular complexity index is 349. The third-order valence-corrected chi connectivity index (χ3v) is 4.94. The maximum atomic E-state index is 5.75. The fourth-order valence-electron chi connectivity index (χ4n) is 2.39. The molecule has 2 rings (SSSR count). The van der Waals surface area contributed by atoms with E-state index in [4.69, 9.17) is 11.6 Å². The zero-order chi connectivity index (χ0) is 12.8. The minimum Gasteiger partial charge on any atom is -0.306 e. The SMILES string of the molecule is CN(CCCCc1nc(CCl)cs1)CC1CCC1. The molecule has 0 radical (unpaired) electrons. The summed E-state index contributed by atoms with van der Waals surface area (Å²) in [6.45, 7) is 2.53. The lowest BCUT2D eigenvalue weighted by atomic mass is 9.85. The van der Waals surface area contributed by atoms with Gasteiger partial charge in [0.15, 0.2) is 0 Å². The average molecular weight is 287 g/mol. The number of hydrogen-bond acceptors (Lipinski definition) is 3. The van der Waals surface area contributed by atoms with Crippen molar-refractivity contribution < 1.29 is 0 Å². The molecule has 0 unspecified atom stereocenters. The zero-order valence-corrected chi connectivity index (χ0v) is 12.8. The highest BCUT2D eigenvalue weighted by molar-refractivity contribution is 7.09. The second-order valence-corrected chi connectivity index (χ2v) is 6.59. The van der Waals surface area contributed by atoms with E-state index < -0.39 is 0 Å². The fraction of sp³-hybridized carbons (Fsp3) is 0.786. The van der Waals surface area contributed by atoms with Gasteiger partial charge in [0, 0.05) is 11.9 Å². The van der Waals surface area contributed by atoms with Gasteiger partial charge in [-0.25, -0.2) is 4.98 Å². The van der Waals surface area contributed by atoms with Gasteiger partial charge < -0.3 is 4.90 Å². The molecule has 0 aliphatic heterocycles. The quantitative estimate of drug-likeness (QED) is 0.532. The first-order valence-electron chi connectivity index (χ1n) is 6.95. The highest BCUT2D eigenvalue weighted by atomic mass is 35.5. The molecule has 1 aliphatic rings. The number of alkyl halides is 1. The molecule has 0 atom stereocenters. The van der Waals surface area contributed by atoms with Crippen molar-refractivity contribution in [1.29, 1.82) is 0 Å². The van der Waals surface area contributed by atoms with Gasteiger partial charge in [-0.05, 0) is 51.6 Å². The lowest BCUT2D eigenvalue weighted by Gasteiger charge is -2.30. The van der Waals surface area contributed by atoms with E-state index in [0.717, 1.165) is 18.0 Å². The molecule has 1 aromatic rings. The highest BCUT2D eigenvalue weighted by Gasteiger charge is 2.18. The lowest BCUT2D eigenvalue weighted by Crippen LogP contribution is -2.30. The van der Waals surface area contributed by atoms with Crippen LogP contribution in [-0.4, -0.2) is 30.0 Å². The van der Waals surface area contributed by atoms with Crippen LogP contribution in [0.4, 0.5) is 0 Å². The largest absolute Gasteiger partial charge is 0.306 e. The molecule has 1 saturated carbocycles. The van der Waals surface area contributed by atoms with Crippen LogP contribution in [0, 0.1) is 5.92 Å². The number of unbranched alkanes of at least 4 members (excludes halogenated alkanes) is 1. The first kappa shape index (κ1) is 14.3. The van der Waals surface area contributed by atoms with E-state index in [1.54, 1.807) is 11.3 Å². The Balaban J connectivity index is 1.54. The molecule has 4 heteroatoms. The molecule has 1 fully saturated rings. The van der Waals surface area contributed by atoms with Crippen molar-refractivity contribution in [2.75, 3.05) is 20.1 Å². The van der Waals surface area contributed by atoms with Gasteiger partial charge in [0.25, 0.3) is 0 Å². The summed E-state index contributed by atoms with van der Waals surface area (Å²) in [5.41, 5.74) is 1.03. The van der Waals surface area contributed by atoms with Crippen LogP contribution in [0.3, 0.4) is 0 Å². The predicted molar refractivity (Wildman–Crippen MR) is 79.4 cm³/mol. The zero-order valence-electron chi connectivity index (χ0n) is 11.2. The van der Waals surface area contributed by atoms with Crippen LogP contribution in [0.25, 0.3) is 0 Å². The van der Waals surface area contributed by atoms with Gasteiger partial charge in [-0.1, -0.05) is 6.42 Å². The first-order valence-corrected chi connectivity index (χ1v) is 8.37. The number of aromatic nitrogens is 1. The van der Waals surface area contributed by atoms with Crippen LogP contribution < -0.4 is 0 Å². The van der Waals surface area contributed by atoms with Gasteiger partial charge in [0.2, 0.25) is 0 Å². The molecule has 18 heavy (non-hydrogen) atoms. The predicted octanol–water partition coefficient (Wildman–Crippen LogP) is 3.94. The smallest absolute Gasteiger partial charge is 0.0928 e. The number of rotatable bonds is 8. The fourth-order valence-corrected chi connectivity index (χ4v) is 3.46. The molecule has 1 aliphatic carbocycles. The van der Waals surface area contributed by atoms with E-state index in [9.17, 15) is 0 Å². The summed E-state index contributed by atoms with van der Waals surface area (Å²) < 4.78 is 0. The second kappa shape index (κ2) is 7.46. The summed E-state index contributed by atoms with van der Waals surface area (Å²) >= 11 is 7.50. The molecule has 0 saturated heterocycles. The van der Waals surface area contributed by atoms with Crippen molar-refractivity contribution in [3.8, 4) is 0 Å². The van der Waals surface area contributed by atoms with Crippen molar-refractivity contribution in [2.45, 2.75) is 44.4 Å². The number of aryl methyl sites for hydroxylation is 1. The molecule has 0 bridgehead atoms. The Kier molecular flexibility index (Phi) is 5.93. The van der Waals surface area contributed by atoms with Crippen molar-refractivity contribution in [1.82, 2.24) is 9.88 Å². The van der Waals surface area contributed by atoms with E-state index in [0.29, 0.717) is 5.88 Å². The van der Waals surface area contributed by atoms with E-state index >= 15 is 0 Å². The van der Waals surface area contributed by atoms with Gasteiger partial charge in [-0.3, -0.25) is 0 Å². The van der Waals surface area contributed by atoms with Gasteiger partial charge in [0.05, 0.1) is 16.6 Å². The molecule has 1 aromatic heterocycles. The molecule has 2 nitrogen and oxygen atoms in total. The van der Waals surface area contributed by atoms with Gasteiger partial charge in [0.1, 0.15) is 0 Å². The van der Waals surface area contributed by atoms with Crippen LogP contribution in [-0.2, 0) is 12.3 Å². The van der Waals surface area contributed by atoms with Crippen LogP contribution in [0.5, 0.6) is 0 Å². The monoisotopic (exact) mass is 286 g/mol. The molecular weight excluding hydrogens is 264 g/mol. The summed E-state index contributed by atoms with van der Waals surface area (Å²) in [7, 11) is 2.26. The maximum Gasteiger partial charge on any atom is 0.0928 e. The molecule has 0 amide bonds. The van der Waals surface area contributed by atoms with E-state index in [2.05, 4.69) is 22.3 Å². The Labute approximate surface area is 119 Å². The maximum absolute atomic E-state index is 5.75. The van der Waals surface area contributed by atoms with Crippen molar-refractivity contribution in [3.63, 3.8) is 0 Å². The van der Waals surface area contributed by atoms with Crippen LogP contribution >= 0.6 is 22.9 Å². The molecule has 0 N–H and O–H groups in total. The number of hydrogen-bond donors (Lipinski definition) is 0. The number of nitrogens with zero attached hydrogens (tertiary/aromatic N) is 2. The normalized spacial score (nSPS) is 16.2. The summed E-state index contributed by atoms with van der Waals surface area (Å²) in [6, 6.07) is 0. The van der Waals surface area contributed by atoms with Crippen LogP contribution in [0.1, 0.15) is 42.8 Å². The van der Waals surface area contributed by atoms with Gasteiger partial charge in [-0.15, -0.1) is 22.9 Å². The summed E-state index contributed by atoms with van der Waals surface area (Å²) in [5.74, 6) is 1.53. The third-order valence-electron chi connectivity index (χ3n) is 3.71. The highest BCUT2D eigenvalue weighted by Crippen LogP contribution is 2.26. The Morgan fingerprint density at radius 1 is 1.44 bits per heavy atom. The van der Waals surface area contributed by atoms with Crippen molar-refractivity contribution >= 4 is 22.9 Å². The summed E-state index contributed by atoms with van der Waals surface area (Å²) in [5, 5.41) is 3.32. The average Bonchev–Trinajstić information content (AvgIpc) is 2.77. The standard InChI is InChI=1S/C14H23ClN2S/c1-17(10-12-5-4-6-12)8-3-2-7-14-16-13(9-15)11-18-14/h11-12H,2-10H2,1H3. The Morgan fingerprint density at radius 2 is 2.28 bits per heavy atom. The third kappa shape index (κ3) is 4.52. The molecule has 0 spiro atoms. The summed E-state index contributed by atoms with van der Waals surface area (Å²) in [4.78, 5) is 6.99. The van der Waals surface area contributed by atoms with Crippen LogP contribution in [0.15, 0.2) is 5.38 Å². The van der Waals surface area contributed by atoms with Crippen LogP contribution in [0.2, 0.25) is 0 Å². The molecule has 0 aromatic carbocycles. The lowest BCUT2D eigenvalue weighted by molar-refractivity contribution is 0.203. The van der Waals surface area contributed by atoms with Gasteiger partial charge in [-0.2, -0.15) is 0 Å². The second-order valence-electron chi connectivity index (χ2n) is 5.38. The minimum atomic E-state index is 0.542. The van der Waals surface area contributed by atoms with Crippen molar-refractivity contribution in [2.24, 2.45) is 5.92 Å². The number of halogens is 1. The topological polar surface area (TPSA) is 16.1 Å². The van der Waals surface area contributed by atoms with Gasteiger partial charge >= 0.3 is 0 Å². The first-order chi connectivity index (χ1) is 8.78. The summed E-state index contributed by atoms with van der Waals surface area (Å²) in [6.07, 6.45) is 7.98. The molecule has 1 heterocycles. The molecule has 102 valence electrons. The van der Waals surface area contributed by atoms with E-state index in [-0.39, 0.29) is 0 Å². The minimum absolute atomic E-state index is 0.542. The number of thiazole rings is 1. The van der Waals surface area contributed by atoms with E-state index in [1.165, 1.54) is 50.2 Å². The van der Waals surface area contributed by atoms with E-state index in [1.807, 2.05) is 0 Å². The van der Waals surface area contributed by atoms with Crippen molar-refractivity contribution in [3.05, 3.63) is 16.1 Å².